The number of Topliss-reactive ketones (excluding diaryl/α,β-unsaturated/α-hetero) is 1. The molecular weight excluding hydrogens is 294 g/mol. The molecule has 0 radical (unpaired) electrons. The van der Waals surface area contributed by atoms with Gasteiger partial charge in [-0.25, -0.2) is 4.39 Å². The van der Waals surface area contributed by atoms with E-state index in [2.05, 4.69) is 0 Å². The van der Waals surface area contributed by atoms with Crippen LogP contribution in [0.2, 0.25) is 5.02 Å². The van der Waals surface area contributed by atoms with Gasteiger partial charge in [-0.1, -0.05) is 11.6 Å². The summed E-state index contributed by atoms with van der Waals surface area (Å²) in [5.41, 5.74) is 0.0662. The van der Waals surface area contributed by atoms with Crippen molar-refractivity contribution in [2.24, 2.45) is 0 Å². The quantitative estimate of drug-likeness (QED) is 0.562. The Hall–Kier alpha value is -0.740. The molecule has 1 atom stereocenters. The van der Waals surface area contributed by atoms with Crippen LogP contribution in [0.3, 0.4) is 0 Å². The highest BCUT2D eigenvalue weighted by Crippen LogP contribution is 2.54. The minimum Gasteiger partial charge on any atom is -0.307 e. The van der Waals surface area contributed by atoms with Crippen LogP contribution in [0.5, 0.6) is 0 Å². The van der Waals surface area contributed by atoms with E-state index in [1.54, 1.807) is 13.8 Å². The van der Waals surface area contributed by atoms with Gasteiger partial charge in [-0.3, -0.25) is 9.36 Å². The zero-order chi connectivity index (χ0) is 14.5. The molecule has 0 saturated carbocycles. The molecular formula is C12H15ClFO4P. The van der Waals surface area contributed by atoms with Crippen LogP contribution >= 0.6 is 19.2 Å². The van der Waals surface area contributed by atoms with Gasteiger partial charge in [0.2, 0.25) is 5.78 Å². The maximum atomic E-state index is 14.1. The fourth-order valence-corrected chi connectivity index (χ4v) is 3.04. The first-order valence-corrected chi connectivity index (χ1v) is 7.76. The molecule has 4 nitrogen and oxygen atoms in total. The molecule has 0 amide bonds. The number of hydrogen-bond donors (Lipinski definition) is 0. The maximum absolute atomic E-state index is 14.1. The van der Waals surface area contributed by atoms with Crippen molar-refractivity contribution in [2.75, 3.05) is 13.2 Å². The van der Waals surface area contributed by atoms with Gasteiger partial charge < -0.3 is 9.05 Å². The van der Waals surface area contributed by atoms with Crippen LogP contribution in [0.25, 0.3) is 0 Å². The van der Waals surface area contributed by atoms with Crippen LogP contribution in [0, 0.1) is 0 Å². The maximum Gasteiger partial charge on any atom is 0.372 e. The SMILES string of the molecule is CCOP(=O)(OCC)C(F)C(=O)c1ccc(Cl)cc1. The minimum absolute atomic E-state index is 0.00834. The van der Waals surface area contributed by atoms with Gasteiger partial charge in [0.15, 0.2) is 0 Å². The van der Waals surface area contributed by atoms with Gasteiger partial charge in [-0.05, 0) is 38.1 Å². The lowest BCUT2D eigenvalue weighted by molar-refractivity contribution is 0.0895. The highest BCUT2D eigenvalue weighted by molar-refractivity contribution is 7.55. The second-order valence-corrected chi connectivity index (χ2v) is 6.07. The molecule has 0 N–H and O–H groups in total. The minimum atomic E-state index is -4.09. The van der Waals surface area contributed by atoms with E-state index in [-0.39, 0.29) is 18.8 Å². The summed E-state index contributed by atoms with van der Waals surface area (Å²) in [4.78, 5) is 11.9. The van der Waals surface area contributed by atoms with E-state index in [9.17, 15) is 13.8 Å². The number of alkyl halides is 1. The molecule has 1 unspecified atom stereocenters. The normalized spacial score (nSPS) is 13.3. The third-order valence-electron chi connectivity index (χ3n) is 2.24. The van der Waals surface area contributed by atoms with Crippen molar-refractivity contribution in [2.45, 2.75) is 19.8 Å². The second kappa shape index (κ2) is 7.15. The monoisotopic (exact) mass is 308 g/mol. The Labute approximate surface area is 116 Å². The van der Waals surface area contributed by atoms with Crippen LogP contribution in [0.1, 0.15) is 24.2 Å². The Kier molecular flexibility index (Phi) is 6.14. The highest BCUT2D eigenvalue weighted by Gasteiger charge is 2.41. The first-order chi connectivity index (χ1) is 8.94. The summed E-state index contributed by atoms with van der Waals surface area (Å²) in [5, 5.41) is 0.421. The third kappa shape index (κ3) is 4.11. The zero-order valence-electron chi connectivity index (χ0n) is 10.6. The van der Waals surface area contributed by atoms with Crippen LogP contribution in [0.15, 0.2) is 24.3 Å². The number of halogens is 2. The molecule has 0 aliphatic heterocycles. The van der Waals surface area contributed by atoms with Crippen LogP contribution < -0.4 is 0 Å². The Balaban J connectivity index is 2.96. The predicted octanol–water partition coefficient (Wildman–Crippen LogP) is 4.08. The molecule has 1 aromatic rings. The lowest BCUT2D eigenvalue weighted by atomic mass is 10.1. The number of hydrogen-bond acceptors (Lipinski definition) is 4. The molecule has 1 aromatic carbocycles. The Morgan fingerprint density at radius 3 is 2.16 bits per heavy atom. The zero-order valence-corrected chi connectivity index (χ0v) is 12.3. The van der Waals surface area contributed by atoms with Crippen LogP contribution in [-0.2, 0) is 13.6 Å². The molecule has 1 rings (SSSR count). The smallest absolute Gasteiger partial charge is 0.307 e. The summed E-state index contributed by atoms with van der Waals surface area (Å²) in [7, 11) is -4.09. The summed E-state index contributed by atoms with van der Waals surface area (Å²) in [5.74, 6) is -3.28. The summed E-state index contributed by atoms with van der Waals surface area (Å²) < 4.78 is 35.9. The molecule has 19 heavy (non-hydrogen) atoms. The van der Waals surface area contributed by atoms with Crippen molar-refractivity contribution in [3.05, 3.63) is 34.9 Å². The van der Waals surface area contributed by atoms with E-state index in [4.69, 9.17) is 20.6 Å². The lowest BCUT2D eigenvalue weighted by Gasteiger charge is -2.19. The first-order valence-electron chi connectivity index (χ1n) is 5.77. The number of rotatable bonds is 7. The van der Waals surface area contributed by atoms with Gasteiger partial charge in [0.1, 0.15) is 0 Å². The molecule has 106 valence electrons. The van der Waals surface area contributed by atoms with Crippen molar-refractivity contribution in [1.82, 2.24) is 0 Å². The molecule has 0 fully saturated rings. The van der Waals surface area contributed by atoms with Crippen molar-refractivity contribution in [3.63, 3.8) is 0 Å². The van der Waals surface area contributed by atoms with Gasteiger partial charge in [-0.15, -0.1) is 0 Å². The molecule has 0 spiro atoms. The van der Waals surface area contributed by atoms with E-state index in [1.165, 1.54) is 24.3 Å². The average Bonchev–Trinajstić information content (AvgIpc) is 2.38. The molecule has 0 aromatic heterocycles. The second-order valence-electron chi connectivity index (χ2n) is 3.58. The van der Waals surface area contributed by atoms with E-state index in [1.807, 2.05) is 0 Å². The predicted molar refractivity (Wildman–Crippen MR) is 71.5 cm³/mol. The standard InChI is InChI=1S/C12H15ClFO4P/c1-3-17-19(16,18-4-2)12(14)11(15)9-5-7-10(13)8-6-9/h5-8,12H,3-4H2,1-2H3. The van der Waals surface area contributed by atoms with E-state index < -0.39 is 19.3 Å². The first kappa shape index (κ1) is 16.3. The molecule has 0 saturated heterocycles. The van der Waals surface area contributed by atoms with Crippen molar-refractivity contribution >= 4 is 25.0 Å². The van der Waals surface area contributed by atoms with E-state index >= 15 is 0 Å². The van der Waals surface area contributed by atoms with E-state index in [0.29, 0.717) is 5.02 Å². The van der Waals surface area contributed by atoms with Gasteiger partial charge in [0.25, 0.3) is 5.91 Å². The summed E-state index contributed by atoms with van der Waals surface area (Å²) in [6.07, 6.45) is 0. The largest absolute Gasteiger partial charge is 0.372 e. The van der Waals surface area contributed by atoms with Crippen molar-refractivity contribution in [1.29, 1.82) is 0 Å². The van der Waals surface area contributed by atoms with Gasteiger partial charge >= 0.3 is 7.60 Å². The summed E-state index contributed by atoms with van der Waals surface area (Å²) >= 11 is 5.68. The average molecular weight is 309 g/mol. The summed E-state index contributed by atoms with van der Waals surface area (Å²) in [6.45, 7) is 3.08. The Morgan fingerprint density at radius 1 is 1.26 bits per heavy atom. The van der Waals surface area contributed by atoms with Gasteiger partial charge in [0, 0.05) is 10.6 Å². The van der Waals surface area contributed by atoms with Gasteiger partial charge in [-0.2, -0.15) is 0 Å². The summed E-state index contributed by atoms with van der Waals surface area (Å²) in [6, 6.07) is 5.63. The molecule has 0 aliphatic carbocycles. The van der Waals surface area contributed by atoms with Crippen LogP contribution in [-0.4, -0.2) is 24.9 Å². The fourth-order valence-electron chi connectivity index (χ4n) is 1.42. The Morgan fingerprint density at radius 2 is 1.74 bits per heavy atom. The van der Waals surface area contributed by atoms with Gasteiger partial charge in [0.05, 0.1) is 13.2 Å². The molecule has 7 heteroatoms. The lowest BCUT2D eigenvalue weighted by Crippen LogP contribution is -2.19. The molecule has 0 aliphatic rings. The third-order valence-corrected chi connectivity index (χ3v) is 4.52. The number of carbonyl (C=O) groups excluding carboxylic acids is 1. The van der Waals surface area contributed by atoms with Crippen molar-refractivity contribution < 1.29 is 22.8 Å². The van der Waals surface area contributed by atoms with E-state index in [0.717, 1.165) is 0 Å². The topological polar surface area (TPSA) is 52.6 Å². The number of benzene rings is 1. The Bertz CT molecular complexity index is 467. The van der Waals surface area contributed by atoms with Crippen molar-refractivity contribution in [3.8, 4) is 0 Å². The highest BCUT2D eigenvalue weighted by atomic mass is 35.5. The number of carbonyl (C=O) groups is 1. The number of ketones is 1. The fraction of sp³-hybridized carbons (Fsp3) is 0.417. The molecule has 0 bridgehead atoms. The van der Waals surface area contributed by atoms with Crippen LogP contribution in [0.4, 0.5) is 4.39 Å². The molecule has 0 heterocycles.